The fourth-order valence-electron chi connectivity index (χ4n) is 3.34. The number of aromatic nitrogens is 1. The second-order valence-electron chi connectivity index (χ2n) is 6.39. The lowest BCUT2D eigenvalue weighted by molar-refractivity contribution is 0.102. The Bertz CT molecular complexity index is 1270. The molecule has 0 saturated carbocycles. The van der Waals surface area contributed by atoms with Crippen LogP contribution in [0.2, 0.25) is 0 Å². The third kappa shape index (κ3) is 2.80. The standard InChI is InChI=1S/C23H16N2OS/c26-23(15-8-2-1-3-9-15)25-18-12-6-4-10-16(18)21-14-20-22(27-21)17-11-5-7-13-19(17)24-20/h1-14,24H,(H,25,26). The van der Waals surface area contributed by atoms with Crippen LogP contribution in [0, 0.1) is 0 Å². The molecule has 0 atom stereocenters. The summed E-state index contributed by atoms with van der Waals surface area (Å²) in [7, 11) is 0. The number of hydrogen-bond donors (Lipinski definition) is 2. The summed E-state index contributed by atoms with van der Waals surface area (Å²) in [5, 5.41) is 4.29. The first kappa shape index (κ1) is 15.9. The fourth-order valence-corrected chi connectivity index (χ4v) is 4.54. The van der Waals surface area contributed by atoms with Crippen molar-refractivity contribution in [1.29, 1.82) is 0 Å². The number of H-pyrrole nitrogens is 1. The molecule has 5 aromatic rings. The van der Waals surface area contributed by atoms with Crippen molar-refractivity contribution in [3.05, 3.63) is 90.5 Å². The molecule has 0 aliphatic heterocycles. The Kier molecular flexibility index (Phi) is 3.77. The third-order valence-electron chi connectivity index (χ3n) is 4.65. The molecule has 27 heavy (non-hydrogen) atoms. The summed E-state index contributed by atoms with van der Waals surface area (Å²) < 4.78 is 1.24. The number of benzene rings is 3. The predicted octanol–water partition coefficient (Wildman–Crippen LogP) is 6.30. The molecular formula is C23H16N2OS. The van der Waals surface area contributed by atoms with E-state index in [0.717, 1.165) is 27.2 Å². The van der Waals surface area contributed by atoms with E-state index in [1.54, 1.807) is 11.3 Å². The van der Waals surface area contributed by atoms with Crippen LogP contribution >= 0.6 is 11.3 Å². The maximum Gasteiger partial charge on any atom is 0.255 e. The first-order valence-electron chi connectivity index (χ1n) is 8.76. The smallest absolute Gasteiger partial charge is 0.255 e. The quantitative estimate of drug-likeness (QED) is 0.385. The number of amides is 1. The van der Waals surface area contributed by atoms with Crippen LogP contribution in [0.4, 0.5) is 5.69 Å². The highest BCUT2D eigenvalue weighted by Gasteiger charge is 2.14. The van der Waals surface area contributed by atoms with Crippen molar-refractivity contribution in [3.63, 3.8) is 0 Å². The topological polar surface area (TPSA) is 44.9 Å². The van der Waals surface area contributed by atoms with Crippen molar-refractivity contribution >= 4 is 44.1 Å². The maximum absolute atomic E-state index is 12.6. The molecule has 0 fully saturated rings. The summed E-state index contributed by atoms with van der Waals surface area (Å²) in [4.78, 5) is 17.2. The molecule has 0 spiro atoms. The molecule has 0 aliphatic carbocycles. The normalized spacial score (nSPS) is 11.1. The Labute approximate surface area is 160 Å². The molecule has 2 heterocycles. The van der Waals surface area contributed by atoms with Gasteiger partial charge in [-0.2, -0.15) is 0 Å². The summed E-state index contributed by atoms with van der Waals surface area (Å²) in [5.74, 6) is -0.101. The minimum absolute atomic E-state index is 0.101. The summed E-state index contributed by atoms with van der Waals surface area (Å²) in [6, 6.07) is 27.7. The van der Waals surface area contributed by atoms with Crippen molar-refractivity contribution < 1.29 is 4.79 Å². The number of carbonyl (C=O) groups is 1. The number of carbonyl (C=O) groups excluding carboxylic acids is 1. The average Bonchev–Trinajstić information content (AvgIpc) is 3.27. The molecule has 0 radical (unpaired) electrons. The van der Waals surface area contributed by atoms with Gasteiger partial charge in [-0.25, -0.2) is 0 Å². The van der Waals surface area contributed by atoms with Crippen LogP contribution in [0.15, 0.2) is 84.9 Å². The van der Waals surface area contributed by atoms with Crippen LogP contribution in [0.1, 0.15) is 10.4 Å². The van der Waals surface area contributed by atoms with E-state index in [4.69, 9.17) is 0 Å². The Hall–Kier alpha value is -3.37. The number of para-hydroxylation sites is 2. The highest BCUT2D eigenvalue weighted by atomic mass is 32.1. The first-order chi connectivity index (χ1) is 13.3. The van der Waals surface area contributed by atoms with Gasteiger partial charge in [0.2, 0.25) is 0 Å². The lowest BCUT2D eigenvalue weighted by Gasteiger charge is -2.10. The molecule has 1 amide bonds. The van der Waals surface area contributed by atoms with E-state index in [-0.39, 0.29) is 5.91 Å². The summed E-state index contributed by atoms with van der Waals surface area (Å²) in [6.45, 7) is 0. The molecule has 2 N–H and O–H groups in total. The van der Waals surface area contributed by atoms with Crippen LogP contribution in [0.3, 0.4) is 0 Å². The minimum atomic E-state index is -0.101. The van der Waals surface area contributed by atoms with E-state index in [1.165, 1.54) is 10.1 Å². The minimum Gasteiger partial charge on any atom is -0.354 e. The number of rotatable bonds is 3. The van der Waals surface area contributed by atoms with Crippen molar-refractivity contribution in [2.24, 2.45) is 0 Å². The van der Waals surface area contributed by atoms with Crippen molar-refractivity contribution in [1.82, 2.24) is 4.98 Å². The van der Waals surface area contributed by atoms with Crippen molar-refractivity contribution in [2.45, 2.75) is 0 Å². The van der Waals surface area contributed by atoms with Gasteiger partial charge in [0.1, 0.15) is 0 Å². The molecule has 4 heteroatoms. The lowest BCUT2D eigenvalue weighted by Crippen LogP contribution is -2.12. The van der Waals surface area contributed by atoms with Gasteiger partial charge in [-0.1, -0.05) is 54.6 Å². The lowest BCUT2D eigenvalue weighted by atomic mass is 10.1. The zero-order valence-corrected chi connectivity index (χ0v) is 15.2. The van der Waals surface area contributed by atoms with Gasteiger partial charge in [0.15, 0.2) is 0 Å². The average molecular weight is 368 g/mol. The molecule has 3 nitrogen and oxygen atoms in total. The van der Waals surface area contributed by atoms with E-state index < -0.39 is 0 Å². The van der Waals surface area contributed by atoms with Gasteiger partial charge in [0.25, 0.3) is 5.91 Å². The predicted molar refractivity (Wildman–Crippen MR) is 114 cm³/mol. The third-order valence-corrected chi connectivity index (χ3v) is 5.85. The van der Waals surface area contributed by atoms with Crippen LogP contribution in [-0.2, 0) is 0 Å². The van der Waals surface area contributed by atoms with E-state index in [0.29, 0.717) is 5.56 Å². The summed E-state index contributed by atoms with van der Waals surface area (Å²) in [6.07, 6.45) is 0. The molecular weight excluding hydrogens is 352 g/mol. The number of nitrogens with one attached hydrogen (secondary N) is 2. The Balaban J connectivity index is 1.56. The Morgan fingerprint density at radius 3 is 2.44 bits per heavy atom. The van der Waals surface area contributed by atoms with Crippen molar-refractivity contribution in [2.75, 3.05) is 5.32 Å². The summed E-state index contributed by atoms with van der Waals surface area (Å²) >= 11 is 1.74. The SMILES string of the molecule is O=C(Nc1ccccc1-c1cc2[nH]c3ccccc3c2s1)c1ccccc1. The van der Waals surface area contributed by atoms with Gasteiger partial charge in [-0.15, -0.1) is 11.3 Å². The number of aromatic amines is 1. The molecule has 0 aliphatic rings. The molecule has 5 rings (SSSR count). The second kappa shape index (κ2) is 6.41. The van der Waals surface area contributed by atoms with Gasteiger partial charge in [-0.3, -0.25) is 4.79 Å². The zero-order chi connectivity index (χ0) is 18.2. The van der Waals surface area contributed by atoms with Gasteiger partial charge in [-0.05, 0) is 30.3 Å². The summed E-state index contributed by atoms with van der Waals surface area (Å²) in [5.41, 5.74) is 4.77. The number of thiophene rings is 1. The van der Waals surface area contributed by atoms with Gasteiger partial charge >= 0.3 is 0 Å². The molecule has 3 aromatic carbocycles. The number of fused-ring (bicyclic) bond motifs is 3. The van der Waals surface area contributed by atoms with Crippen LogP contribution in [0.25, 0.3) is 31.6 Å². The molecule has 0 unspecified atom stereocenters. The van der Waals surface area contributed by atoms with Gasteiger partial charge in [0.05, 0.1) is 10.2 Å². The number of anilines is 1. The number of hydrogen-bond acceptors (Lipinski definition) is 2. The fraction of sp³-hybridized carbons (Fsp3) is 0. The van der Waals surface area contributed by atoms with E-state index in [1.807, 2.05) is 60.7 Å². The highest BCUT2D eigenvalue weighted by Crippen LogP contribution is 2.40. The van der Waals surface area contributed by atoms with E-state index in [9.17, 15) is 4.79 Å². The van der Waals surface area contributed by atoms with E-state index in [2.05, 4.69) is 34.6 Å². The molecule has 130 valence electrons. The van der Waals surface area contributed by atoms with E-state index >= 15 is 0 Å². The van der Waals surface area contributed by atoms with Crippen LogP contribution in [-0.4, -0.2) is 10.9 Å². The molecule has 0 bridgehead atoms. The largest absolute Gasteiger partial charge is 0.354 e. The first-order valence-corrected chi connectivity index (χ1v) is 9.57. The van der Waals surface area contributed by atoms with Crippen LogP contribution < -0.4 is 5.32 Å². The Morgan fingerprint density at radius 1 is 0.815 bits per heavy atom. The van der Waals surface area contributed by atoms with Gasteiger partial charge in [0, 0.05) is 32.6 Å². The monoisotopic (exact) mass is 368 g/mol. The zero-order valence-electron chi connectivity index (χ0n) is 14.4. The second-order valence-corrected chi connectivity index (χ2v) is 7.44. The Morgan fingerprint density at radius 2 is 1.56 bits per heavy atom. The maximum atomic E-state index is 12.6. The highest BCUT2D eigenvalue weighted by molar-refractivity contribution is 7.23. The molecule has 2 aromatic heterocycles. The van der Waals surface area contributed by atoms with Crippen molar-refractivity contribution in [3.8, 4) is 10.4 Å². The van der Waals surface area contributed by atoms with Gasteiger partial charge < -0.3 is 10.3 Å². The van der Waals surface area contributed by atoms with Crippen LogP contribution in [0.5, 0.6) is 0 Å². The molecule has 0 saturated heterocycles.